The molecule has 0 saturated heterocycles. The van der Waals surface area contributed by atoms with Gasteiger partial charge in [-0.25, -0.2) is 0 Å². The second-order valence-electron chi connectivity index (χ2n) is 6.24. The van der Waals surface area contributed by atoms with E-state index in [1.165, 1.54) is 17.3 Å². The van der Waals surface area contributed by atoms with Crippen LogP contribution in [0.2, 0.25) is 5.02 Å². The number of rotatable bonds is 10. The number of halogens is 1. The molecule has 0 amide bonds. The van der Waals surface area contributed by atoms with E-state index >= 15 is 0 Å². The SMILES string of the molecule is CCOC(=O)CSc1nnc(CNc2cccc(Cl)c2)n1CCc1ccccc1. The fourth-order valence-corrected chi connectivity index (χ4v) is 3.74. The van der Waals surface area contributed by atoms with E-state index in [-0.39, 0.29) is 11.7 Å². The second-order valence-corrected chi connectivity index (χ2v) is 7.62. The first-order valence-corrected chi connectivity index (χ1v) is 10.8. The third-order valence-electron chi connectivity index (χ3n) is 4.16. The van der Waals surface area contributed by atoms with Crippen LogP contribution in [0.1, 0.15) is 18.3 Å². The van der Waals surface area contributed by atoms with Crippen molar-refractivity contribution in [1.29, 1.82) is 0 Å². The van der Waals surface area contributed by atoms with E-state index in [1.807, 2.05) is 42.5 Å². The fourth-order valence-electron chi connectivity index (χ4n) is 2.77. The summed E-state index contributed by atoms with van der Waals surface area (Å²) in [7, 11) is 0. The molecule has 1 aromatic heterocycles. The maximum Gasteiger partial charge on any atom is 0.316 e. The molecule has 0 bridgehead atoms. The molecule has 8 heteroatoms. The normalized spacial score (nSPS) is 10.7. The highest BCUT2D eigenvalue weighted by Gasteiger charge is 2.15. The summed E-state index contributed by atoms with van der Waals surface area (Å²) in [6.45, 7) is 3.39. The predicted molar refractivity (Wildman–Crippen MR) is 116 cm³/mol. The minimum absolute atomic E-state index is 0.207. The van der Waals surface area contributed by atoms with Gasteiger partial charge >= 0.3 is 5.97 Å². The first kappa shape index (κ1) is 21.2. The molecule has 29 heavy (non-hydrogen) atoms. The van der Waals surface area contributed by atoms with Crippen molar-refractivity contribution in [3.05, 3.63) is 71.0 Å². The minimum Gasteiger partial charge on any atom is -0.465 e. The lowest BCUT2D eigenvalue weighted by atomic mass is 10.1. The standard InChI is InChI=1S/C21H23ClN4O2S/c1-2-28-20(27)15-29-21-25-24-19(14-23-18-10-6-9-17(22)13-18)26(21)12-11-16-7-4-3-5-8-16/h3-10,13,23H,2,11-12,14-15H2,1H3. The lowest BCUT2D eigenvalue weighted by Gasteiger charge is -2.11. The Hall–Kier alpha value is -2.51. The molecule has 0 radical (unpaired) electrons. The van der Waals surface area contributed by atoms with Crippen LogP contribution in [0.15, 0.2) is 59.8 Å². The molecule has 0 spiro atoms. The Balaban J connectivity index is 1.72. The number of aryl methyl sites for hydroxylation is 1. The predicted octanol–water partition coefficient (Wildman–Crippen LogP) is 4.44. The smallest absolute Gasteiger partial charge is 0.316 e. The van der Waals surface area contributed by atoms with Gasteiger partial charge in [0.1, 0.15) is 0 Å². The first-order valence-electron chi connectivity index (χ1n) is 9.39. The van der Waals surface area contributed by atoms with Crippen molar-refractivity contribution in [1.82, 2.24) is 14.8 Å². The van der Waals surface area contributed by atoms with Crippen LogP contribution in [0.5, 0.6) is 0 Å². The van der Waals surface area contributed by atoms with Gasteiger partial charge in [0.05, 0.1) is 18.9 Å². The third kappa shape index (κ3) is 6.51. The van der Waals surface area contributed by atoms with Crippen molar-refractivity contribution in [3.8, 4) is 0 Å². The van der Waals surface area contributed by atoms with E-state index in [0.717, 1.165) is 17.9 Å². The van der Waals surface area contributed by atoms with E-state index in [4.69, 9.17) is 16.3 Å². The van der Waals surface area contributed by atoms with Crippen LogP contribution >= 0.6 is 23.4 Å². The zero-order chi connectivity index (χ0) is 20.5. The monoisotopic (exact) mass is 430 g/mol. The first-order chi connectivity index (χ1) is 14.2. The molecule has 6 nitrogen and oxygen atoms in total. The number of thioether (sulfide) groups is 1. The summed E-state index contributed by atoms with van der Waals surface area (Å²) in [5.74, 6) is 0.750. The molecular weight excluding hydrogens is 408 g/mol. The van der Waals surface area contributed by atoms with Crippen molar-refractivity contribution in [2.24, 2.45) is 0 Å². The Morgan fingerprint density at radius 2 is 2.00 bits per heavy atom. The average molecular weight is 431 g/mol. The van der Waals surface area contributed by atoms with Gasteiger partial charge in [-0.05, 0) is 37.1 Å². The van der Waals surface area contributed by atoms with E-state index in [2.05, 4.69) is 32.2 Å². The van der Waals surface area contributed by atoms with E-state index in [9.17, 15) is 4.79 Å². The highest BCUT2D eigenvalue weighted by Crippen LogP contribution is 2.20. The van der Waals surface area contributed by atoms with Crippen molar-refractivity contribution in [2.45, 2.75) is 31.6 Å². The van der Waals surface area contributed by atoms with Gasteiger partial charge in [0.15, 0.2) is 11.0 Å². The van der Waals surface area contributed by atoms with Gasteiger partial charge in [0, 0.05) is 17.3 Å². The average Bonchev–Trinajstić information content (AvgIpc) is 3.12. The van der Waals surface area contributed by atoms with Crippen molar-refractivity contribution >= 4 is 35.0 Å². The van der Waals surface area contributed by atoms with Crippen LogP contribution in [-0.2, 0) is 29.0 Å². The molecule has 0 fully saturated rings. The quantitative estimate of drug-likeness (QED) is 0.378. The molecule has 0 saturated carbocycles. The lowest BCUT2D eigenvalue weighted by molar-refractivity contribution is -0.139. The number of aromatic nitrogens is 3. The van der Waals surface area contributed by atoms with Crippen molar-refractivity contribution in [2.75, 3.05) is 17.7 Å². The molecule has 0 unspecified atom stereocenters. The molecule has 0 atom stereocenters. The Morgan fingerprint density at radius 1 is 1.17 bits per heavy atom. The van der Waals surface area contributed by atoms with Gasteiger partial charge in [-0.15, -0.1) is 10.2 Å². The summed E-state index contributed by atoms with van der Waals surface area (Å²) in [4.78, 5) is 11.7. The Kier molecular flexibility index (Phi) is 7.95. The van der Waals surface area contributed by atoms with Crippen molar-refractivity contribution in [3.63, 3.8) is 0 Å². The number of hydrogen-bond donors (Lipinski definition) is 1. The minimum atomic E-state index is -0.256. The number of nitrogens with one attached hydrogen (secondary N) is 1. The number of benzene rings is 2. The van der Waals surface area contributed by atoms with Gasteiger partial charge < -0.3 is 14.6 Å². The van der Waals surface area contributed by atoms with Gasteiger partial charge in [-0.3, -0.25) is 4.79 Å². The van der Waals surface area contributed by atoms with Crippen LogP contribution in [0.25, 0.3) is 0 Å². The third-order valence-corrected chi connectivity index (χ3v) is 5.34. The summed E-state index contributed by atoms with van der Waals surface area (Å²) >= 11 is 7.40. The van der Waals surface area contributed by atoms with Crippen molar-refractivity contribution < 1.29 is 9.53 Å². The number of carbonyl (C=O) groups is 1. The summed E-state index contributed by atoms with van der Waals surface area (Å²) < 4.78 is 7.06. The molecular formula is C21H23ClN4O2S. The zero-order valence-electron chi connectivity index (χ0n) is 16.2. The van der Waals surface area contributed by atoms with Gasteiger partial charge in [0.2, 0.25) is 0 Å². The van der Waals surface area contributed by atoms with E-state index < -0.39 is 0 Å². The topological polar surface area (TPSA) is 69.0 Å². The molecule has 1 heterocycles. The molecule has 3 rings (SSSR count). The van der Waals surface area contributed by atoms with Crippen LogP contribution in [-0.4, -0.2) is 33.1 Å². The molecule has 0 aliphatic rings. The number of ether oxygens (including phenoxy) is 1. The molecule has 0 aliphatic carbocycles. The molecule has 0 aliphatic heterocycles. The summed E-state index contributed by atoms with van der Waals surface area (Å²) in [5, 5.41) is 13.3. The van der Waals surface area contributed by atoms with Gasteiger partial charge in [-0.1, -0.05) is 59.8 Å². The number of esters is 1. The molecule has 2 aromatic carbocycles. The highest BCUT2D eigenvalue weighted by atomic mass is 35.5. The fraction of sp³-hybridized carbons (Fsp3) is 0.286. The van der Waals surface area contributed by atoms with Crippen LogP contribution in [0.3, 0.4) is 0 Å². The number of hydrogen-bond acceptors (Lipinski definition) is 6. The highest BCUT2D eigenvalue weighted by molar-refractivity contribution is 7.99. The molecule has 1 N–H and O–H groups in total. The van der Waals surface area contributed by atoms with E-state index in [1.54, 1.807) is 6.92 Å². The maximum atomic E-state index is 11.7. The molecule has 3 aromatic rings. The van der Waals surface area contributed by atoms with E-state index in [0.29, 0.717) is 29.9 Å². The Labute approximate surface area is 179 Å². The number of carbonyl (C=O) groups excluding carboxylic acids is 1. The number of nitrogens with zero attached hydrogens (tertiary/aromatic N) is 3. The Morgan fingerprint density at radius 3 is 2.76 bits per heavy atom. The summed E-state index contributed by atoms with van der Waals surface area (Å²) in [6, 6.07) is 17.8. The van der Waals surface area contributed by atoms with Crippen LogP contribution < -0.4 is 5.32 Å². The van der Waals surface area contributed by atoms with Gasteiger partial charge in [0.25, 0.3) is 0 Å². The maximum absolute atomic E-state index is 11.7. The zero-order valence-corrected chi connectivity index (χ0v) is 17.7. The van der Waals surface area contributed by atoms with Crippen LogP contribution in [0.4, 0.5) is 5.69 Å². The number of anilines is 1. The Bertz CT molecular complexity index is 933. The summed E-state index contributed by atoms with van der Waals surface area (Å²) in [5.41, 5.74) is 2.15. The largest absolute Gasteiger partial charge is 0.465 e. The lowest BCUT2D eigenvalue weighted by Crippen LogP contribution is -2.12. The second kappa shape index (κ2) is 10.9. The molecule has 152 valence electrons. The van der Waals surface area contributed by atoms with Crippen LogP contribution in [0, 0.1) is 0 Å². The van der Waals surface area contributed by atoms with Gasteiger partial charge in [-0.2, -0.15) is 0 Å². The summed E-state index contributed by atoms with van der Waals surface area (Å²) in [6.07, 6.45) is 0.843.